The molecule has 0 rings (SSSR count). The minimum absolute atomic E-state index is 0. The maximum atomic E-state index is 3.52. The molecule has 0 heterocycles. The van der Waals surface area contributed by atoms with Crippen molar-refractivity contribution in [1.29, 1.82) is 0 Å². The Kier molecular flexibility index (Phi) is 14.2. The minimum atomic E-state index is 0. The number of rotatable bonds is 2. The van der Waals surface area contributed by atoms with Crippen molar-refractivity contribution in [3.8, 4) is 0 Å². The van der Waals surface area contributed by atoms with Gasteiger partial charge in [0, 0.05) is 0 Å². The van der Waals surface area contributed by atoms with E-state index >= 15 is 0 Å². The first-order chi connectivity index (χ1) is 2.91. The van der Waals surface area contributed by atoms with E-state index < -0.39 is 0 Å². The average Bonchev–Trinajstić information content (AvgIpc) is 1.61. The first-order valence-electron chi connectivity index (χ1n) is 1.97. The summed E-state index contributed by atoms with van der Waals surface area (Å²) in [6, 6.07) is 0. The fourth-order valence-electron chi connectivity index (χ4n) is 0.192. The molecule has 0 aromatic carbocycles. The molecule has 0 N–H and O–H groups in total. The third kappa shape index (κ3) is 10.7. The topological polar surface area (TPSA) is 0 Å². The van der Waals surface area contributed by atoms with E-state index in [1.807, 2.05) is 12.2 Å². The average molecular weight is 104 g/mol. The van der Waals surface area contributed by atoms with Crippen LogP contribution in [0.15, 0.2) is 24.8 Å². The molecule has 0 saturated heterocycles. The molecule has 0 saturated carbocycles. The molecule has 1 heteroatoms. The van der Waals surface area contributed by atoms with Crippen LogP contribution in [0.2, 0.25) is 0 Å². The van der Waals surface area contributed by atoms with Crippen LogP contribution in [0.5, 0.6) is 0 Å². The van der Waals surface area contributed by atoms with Gasteiger partial charge in [0.05, 0.1) is 0 Å². The predicted octanol–water partition coefficient (Wildman–Crippen LogP) is -1.04. The maximum absolute atomic E-state index is 3.52. The van der Waals surface area contributed by atoms with Gasteiger partial charge in [0.2, 0.25) is 0 Å². The molecule has 0 fully saturated rings. The SMILES string of the molecule is C=CCC=C[CH2-].[Na+]. The molecular formula is C6H9Na. The summed E-state index contributed by atoms with van der Waals surface area (Å²) >= 11 is 0. The van der Waals surface area contributed by atoms with Gasteiger partial charge in [-0.25, -0.2) is 19.1 Å². The van der Waals surface area contributed by atoms with Crippen LogP contribution in [0, 0.1) is 6.92 Å². The second-order valence-corrected chi connectivity index (χ2v) is 0.996. The van der Waals surface area contributed by atoms with Gasteiger partial charge in [0.15, 0.2) is 0 Å². The first-order valence-corrected chi connectivity index (χ1v) is 1.97. The van der Waals surface area contributed by atoms with Gasteiger partial charge in [-0.3, -0.25) is 0 Å². The monoisotopic (exact) mass is 104 g/mol. The van der Waals surface area contributed by atoms with E-state index in [0.717, 1.165) is 6.42 Å². The van der Waals surface area contributed by atoms with Gasteiger partial charge in [-0.15, -0.1) is 12.7 Å². The first kappa shape index (κ1) is 10.4. The van der Waals surface area contributed by atoms with Gasteiger partial charge < -0.3 is 0 Å². The zero-order chi connectivity index (χ0) is 4.83. The van der Waals surface area contributed by atoms with Gasteiger partial charge in [0.25, 0.3) is 0 Å². The standard InChI is InChI=1S/C6H9.Na/c1-3-5-6-4-2;/h3-5H,1-2,6H2;/q-1;+1. The van der Waals surface area contributed by atoms with Crippen molar-refractivity contribution >= 4 is 0 Å². The zero-order valence-corrected chi connectivity index (χ0v) is 6.85. The van der Waals surface area contributed by atoms with Gasteiger partial charge >= 0.3 is 29.6 Å². The van der Waals surface area contributed by atoms with Crippen LogP contribution in [0.1, 0.15) is 6.42 Å². The Bertz CT molecular complexity index is 55.2. The smallest absolute Gasteiger partial charge is 0.245 e. The van der Waals surface area contributed by atoms with E-state index in [9.17, 15) is 0 Å². The van der Waals surface area contributed by atoms with Crippen molar-refractivity contribution in [3.05, 3.63) is 31.7 Å². The fraction of sp³-hybridized carbons (Fsp3) is 0.167. The predicted molar refractivity (Wildman–Crippen MR) is 29.3 cm³/mol. The Balaban J connectivity index is 0. The molecule has 0 aliphatic heterocycles. The van der Waals surface area contributed by atoms with Crippen molar-refractivity contribution in [2.75, 3.05) is 0 Å². The molecule has 0 unspecified atom stereocenters. The molecule has 0 bridgehead atoms. The molecule has 0 aromatic heterocycles. The van der Waals surface area contributed by atoms with E-state index in [1.54, 1.807) is 6.08 Å². The van der Waals surface area contributed by atoms with Crippen molar-refractivity contribution in [3.63, 3.8) is 0 Å². The fourth-order valence-corrected chi connectivity index (χ4v) is 0.192. The molecule has 0 aromatic rings. The van der Waals surface area contributed by atoms with Crippen LogP contribution in [0.25, 0.3) is 0 Å². The summed E-state index contributed by atoms with van der Waals surface area (Å²) in [6.07, 6.45) is 6.49. The van der Waals surface area contributed by atoms with E-state index in [2.05, 4.69) is 13.5 Å². The van der Waals surface area contributed by atoms with E-state index in [1.165, 1.54) is 0 Å². The summed E-state index contributed by atoms with van der Waals surface area (Å²) < 4.78 is 0. The van der Waals surface area contributed by atoms with Crippen LogP contribution in [-0.4, -0.2) is 0 Å². The third-order valence-corrected chi connectivity index (χ3v) is 0.469. The van der Waals surface area contributed by atoms with E-state index in [0.29, 0.717) is 0 Å². The maximum Gasteiger partial charge on any atom is 1.00 e. The summed E-state index contributed by atoms with van der Waals surface area (Å²) in [6.45, 7) is 7.01. The Morgan fingerprint density at radius 1 is 1.57 bits per heavy atom. The van der Waals surface area contributed by atoms with Gasteiger partial charge in [0.1, 0.15) is 0 Å². The summed E-state index contributed by atoms with van der Waals surface area (Å²) in [5.74, 6) is 0. The van der Waals surface area contributed by atoms with Crippen LogP contribution < -0.4 is 29.6 Å². The Labute approximate surface area is 67.6 Å². The summed E-state index contributed by atoms with van der Waals surface area (Å²) in [7, 11) is 0. The molecule has 0 amide bonds. The van der Waals surface area contributed by atoms with Crippen molar-refractivity contribution in [2.24, 2.45) is 0 Å². The third-order valence-electron chi connectivity index (χ3n) is 0.469. The van der Waals surface area contributed by atoms with Crippen LogP contribution in [-0.2, 0) is 0 Å². The number of allylic oxidation sites excluding steroid dienone is 3. The molecule has 0 nitrogen and oxygen atoms in total. The second kappa shape index (κ2) is 9.61. The van der Waals surface area contributed by atoms with Crippen molar-refractivity contribution in [1.82, 2.24) is 0 Å². The minimum Gasteiger partial charge on any atom is -0.245 e. The number of hydrogen-bond donors (Lipinski definition) is 0. The largest absolute Gasteiger partial charge is 1.00 e. The molecule has 0 radical (unpaired) electrons. The Morgan fingerprint density at radius 3 is 2.29 bits per heavy atom. The van der Waals surface area contributed by atoms with Crippen LogP contribution >= 0.6 is 0 Å². The quantitative estimate of drug-likeness (QED) is 0.238. The molecule has 0 atom stereocenters. The van der Waals surface area contributed by atoms with Crippen LogP contribution in [0.3, 0.4) is 0 Å². The Morgan fingerprint density at radius 2 is 2.14 bits per heavy atom. The molecule has 7 heavy (non-hydrogen) atoms. The number of hydrogen-bond acceptors (Lipinski definition) is 0. The second-order valence-electron chi connectivity index (χ2n) is 0.996. The van der Waals surface area contributed by atoms with Crippen molar-refractivity contribution < 1.29 is 29.6 Å². The molecule has 0 aliphatic carbocycles. The Hall–Kier alpha value is 0.350. The molecule has 0 spiro atoms. The zero-order valence-electron chi connectivity index (χ0n) is 4.85. The molecule has 34 valence electrons. The van der Waals surface area contributed by atoms with Gasteiger partial charge in [-0.1, -0.05) is 6.42 Å². The normalized spacial score (nSPS) is 8.00. The van der Waals surface area contributed by atoms with Gasteiger partial charge in [-0.2, -0.15) is 0 Å². The molecule has 0 aliphatic rings. The summed E-state index contributed by atoms with van der Waals surface area (Å²) in [4.78, 5) is 0. The summed E-state index contributed by atoms with van der Waals surface area (Å²) in [5.41, 5.74) is 0. The van der Waals surface area contributed by atoms with E-state index in [4.69, 9.17) is 0 Å². The van der Waals surface area contributed by atoms with Crippen molar-refractivity contribution in [2.45, 2.75) is 6.42 Å². The molecular weight excluding hydrogens is 95.1 g/mol. The van der Waals surface area contributed by atoms with Gasteiger partial charge in [-0.05, 0) is 0 Å². The van der Waals surface area contributed by atoms with E-state index in [-0.39, 0.29) is 29.6 Å². The summed E-state index contributed by atoms with van der Waals surface area (Å²) in [5, 5.41) is 0. The van der Waals surface area contributed by atoms with Crippen LogP contribution in [0.4, 0.5) is 0 Å².